The van der Waals surface area contributed by atoms with Gasteiger partial charge >= 0.3 is 0 Å². The molecule has 234 valence electrons. The van der Waals surface area contributed by atoms with Crippen molar-refractivity contribution in [1.29, 1.82) is 0 Å². The summed E-state index contributed by atoms with van der Waals surface area (Å²) in [7, 11) is -4.15. The van der Waals surface area contributed by atoms with Crippen molar-refractivity contribution in [3.8, 4) is 11.5 Å². The van der Waals surface area contributed by atoms with Gasteiger partial charge in [-0.05, 0) is 80.8 Å². The van der Waals surface area contributed by atoms with Gasteiger partial charge < -0.3 is 15.0 Å². The van der Waals surface area contributed by atoms with Gasteiger partial charge in [-0.2, -0.15) is 0 Å². The van der Waals surface area contributed by atoms with Gasteiger partial charge in [-0.15, -0.1) is 0 Å². The van der Waals surface area contributed by atoms with E-state index in [1.165, 1.54) is 17.0 Å². The number of aryl methyl sites for hydroxylation is 1. The molecule has 0 aliphatic heterocycles. The molecule has 1 atom stereocenters. The summed E-state index contributed by atoms with van der Waals surface area (Å²) in [5.41, 5.74) is 2.21. The number of ether oxygens (including phenoxy) is 1. The van der Waals surface area contributed by atoms with Crippen molar-refractivity contribution < 1.29 is 22.7 Å². The van der Waals surface area contributed by atoms with Crippen molar-refractivity contribution in [2.45, 2.75) is 63.1 Å². The van der Waals surface area contributed by atoms with E-state index in [4.69, 9.17) is 4.74 Å². The normalized spacial score (nSPS) is 14.0. The summed E-state index contributed by atoms with van der Waals surface area (Å²) in [4.78, 5) is 29.1. The minimum absolute atomic E-state index is 0.0551. The van der Waals surface area contributed by atoms with Gasteiger partial charge in [0.1, 0.15) is 24.1 Å². The minimum atomic E-state index is -4.15. The largest absolute Gasteiger partial charge is 0.457 e. The summed E-state index contributed by atoms with van der Waals surface area (Å²) in [6, 6.07) is 30.9. The highest BCUT2D eigenvalue weighted by Crippen LogP contribution is 2.29. The maximum Gasteiger partial charge on any atom is 0.264 e. The Labute approximate surface area is 265 Å². The molecule has 0 spiro atoms. The molecule has 0 bridgehead atoms. The van der Waals surface area contributed by atoms with E-state index in [-0.39, 0.29) is 23.4 Å². The van der Waals surface area contributed by atoms with Gasteiger partial charge in [0.2, 0.25) is 11.8 Å². The Hall–Kier alpha value is -4.63. The number of hydrogen-bond acceptors (Lipinski definition) is 5. The molecule has 1 saturated carbocycles. The molecule has 0 aromatic heterocycles. The van der Waals surface area contributed by atoms with Crippen molar-refractivity contribution in [1.82, 2.24) is 10.2 Å². The lowest BCUT2D eigenvalue weighted by atomic mass is 10.1. The van der Waals surface area contributed by atoms with Crippen LogP contribution in [-0.2, 0) is 26.2 Å². The van der Waals surface area contributed by atoms with E-state index in [1.807, 2.05) is 61.5 Å². The third-order valence-corrected chi connectivity index (χ3v) is 9.84. The number of nitrogens with zero attached hydrogens (tertiary/aromatic N) is 2. The number of benzene rings is 4. The summed E-state index contributed by atoms with van der Waals surface area (Å²) in [6.45, 7) is 3.33. The molecule has 4 aromatic carbocycles. The zero-order valence-electron chi connectivity index (χ0n) is 25.6. The third kappa shape index (κ3) is 8.10. The van der Waals surface area contributed by atoms with Crippen LogP contribution in [0.5, 0.6) is 11.5 Å². The van der Waals surface area contributed by atoms with Crippen LogP contribution in [0.3, 0.4) is 0 Å². The average molecular weight is 626 g/mol. The van der Waals surface area contributed by atoms with Crippen LogP contribution in [0.25, 0.3) is 0 Å². The molecule has 2 amide bonds. The van der Waals surface area contributed by atoms with E-state index in [0.717, 1.165) is 41.1 Å². The molecule has 8 nitrogen and oxygen atoms in total. The average Bonchev–Trinajstić information content (AvgIpc) is 3.57. The van der Waals surface area contributed by atoms with Crippen molar-refractivity contribution in [2.24, 2.45) is 0 Å². The number of amides is 2. The Kier molecular flexibility index (Phi) is 10.2. The van der Waals surface area contributed by atoms with Gasteiger partial charge in [0.05, 0.1) is 10.6 Å². The first kappa shape index (κ1) is 31.8. The van der Waals surface area contributed by atoms with Crippen molar-refractivity contribution in [3.05, 3.63) is 120 Å². The number of carbonyl (C=O) groups excluding carboxylic acids is 2. The molecule has 1 aliphatic carbocycles. The molecule has 0 unspecified atom stereocenters. The third-order valence-electron chi connectivity index (χ3n) is 8.06. The predicted molar refractivity (Wildman–Crippen MR) is 176 cm³/mol. The van der Waals surface area contributed by atoms with Gasteiger partial charge in [-0.3, -0.25) is 13.9 Å². The number of sulfonamides is 1. The van der Waals surface area contributed by atoms with Gasteiger partial charge in [0.15, 0.2) is 0 Å². The molecule has 0 radical (unpaired) electrons. The molecule has 0 saturated heterocycles. The zero-order valence-corrected chi connectivity index (χ0v) is 26.5. The van der Waals surface area contributed by atoms with Crippen LogP contribution in [-0.4, -0.2) is 43.8 Å². The molecular weight excluding hydrogens is 586 g/mol. The summed E-state index contributed by atoms with van der Waals surface area (Å²) >= 11 is 0. The molecule has 1 aliphatic rings. The minimum Gasteiger partial charge on any atom is -0.457 e. The van der Waals surface area contributed by atoms with Gasteiger partial charge in [-0.1, -0.05) is 79.1 Å². The van der Waals surface area contributed by atoms with E-state index < -0.39 is 28.5 Å². The second kappa shape index (κ2) is 14.4. The topological polar surface area (TPSA) is 96.0 Å². The first-order chi connectivity index (χ1) is 21.7. The van der Waals surface area contributed by atoms with Crippen LogP contribution < -0.4 is 14.4 Å². The molecule has 4 aromatic rings. The van der Waals surface area contributed by atoms with Crippen LogP contribution in [0.15, 0.2) is 114 Å². The first-order valence-electron chi connectivity index (χ1n) is 15.3. The van der Waals surface area contributed by atoms with Crippen LogP contribution >= 0.6 is 0 Å². The highest BCUT2D eigenvalue weighted by molar-refractivity contribution is 7.92. The van der Waals surface area contributed by atoms with E-state index >= 15 is 0 Å². The standard InChI is InChI=1S/C36H39N3O5S/c1-27-17-19-29(20-18-27)25-38(28(2)36(41)37-30-11-9-10-12-30)35(40)26-39(45(42,43)34-15-7-4-8-16-34)31-21-23-33(24-22-31)44-32-13-5-3-6-14-32/h3-8,13-24,28,30H,9-12,25-26H2,1-2H3,(H,37,41)/t28-/m0/s1. The molecule has 1 fully saturated rings. The summed E-state index contributed by atoms with van der Waals surface area (Å²) < 4.78 is 35.1. The maximum absolute atomic E-state index is 14.2. The number of hydrogen-bond donors (Lipinski definition) is 1. The Balaban J connectivity index is 1.45. The zero-order chi connectivity index (χ0) is 31.8. The summed E-state index contributed by atoms with van der Waals surface area (Å²) in [5.74, 6) is 0.424. The van der Waals surface area contributed by atoms with E-state index in [1.54, 1.807) is 49.4 Å². The number of para-hydroxylation sites is 1. The number of nitrogens with one attached hydrogen (secondary N) is 1. The molecular formula is C36H39N3O5S. The summed E-state index contributed by atoms with van der Waals surface area (Å²) in [5, 5.41) is 3.10. The second-order valence-corrected chi connectivity index (χ2v) is 13.3. The van der Waals surface area contributed by atoms with Crippen LogP contribution in [0, 0.1) is 6.92 Å². The second-order valence-electron chi connectivity index (χ2n) is 11.4. The molecule has 1 N–H and O–H groups in total. The highest BCUT2D eigenvalue weighted by atomic mass is 32.2. The van der Waals surface area contributed by atoms with E-state index in [0.29, 0.717) is 17.2 Å². The lowest BCUT2D eigenvalue weighted by molar-refractivity contribution is -0.139. The fourth-order valence-electron chi connectivity index (χ4n) is 5.42. The van der Waals surface area contributed by atoms with Crippen molar-refractivity contribution >= 4 is 27.5 Å². The number of anilines is 1. The monoisotopic (exact) mass is 625 g/mol. The van der Waals surface area contributed by atoms with E-state index in [2.05, 4.69) is 5.32 Å². The van der Waals surface area contributed by atoms with E-state index in [9.17, 15) is 18.0 Å². The quantitative estimate of drug-likeness (QED) is 0.195. The fraction of sp³-hybridized carbons (Fsp3) is 0.278. The molecule has 9 heteroatoms. The fourth-order valence-corrected chi connectivity index (χ4v) is 6.85. The Bertz CT molecular complexity index is 1670. The number of rotatable bonds is 12. The predicted octanol–water partition coefficient (Wildman–Crippen LogP) is 6.46. The van der Waals surface area contributed by atoms with Crippen LogP contribution in [0.1, 0.15) is 43.7 Å². The van der Waals surface area contributed by atoms with Crippen LogP contribution in [0.4, 0.5) is 5.69 Å². The van der Waals surface area contributed by atoms with Crippen LogP contribution in [0.2, 0.25) is 0 Å². The van der Waals surface area contributed by atoms with Gasteiger partial charge in [0, 0.05) is 12.6 Å². The Morgan fingerprint density at radius 1 is 0.822 bits per heavy atom. The van der Waals surface area contributed by atoms with Crippen molar-refractivity contribution in [3.63, 3.8) is 0 Å². The highest BCUT2D eigenvalue weighted by Gasteiger charge is 2.33. The number of carbonyl (C=O) groups is 2. The lowest BCUT2D eigenvalue weighted by Crippen LogP contribution is -2.52. The molecule has 45 heavy (non-hydrogen) atoms. The SMILES string of the molecule is Cc1ccc(CN(C(=O)CN(c2ccc(Oc3ccccc3)cc2)S(=O)(=O)c2ccccc2)[C@@H](C)C(=O)NC2CCCC2)cc1. The van der Waals surface area contributed by atoms with Gasteiger partial charge in [-0.25, -0.2) is 8.42 Å². The smallest absolute Gasteiger partial charge is 0.264 e. The lowest BCUT2D eigenvalue weighted by Gasteiger charge is -2.32. The Morgan fingerprint density at radius 2 is 1.40 bits per heavy atom. The molecule has 0 heterocycles. The summed E-state index contributed by atoms with van der Waals surface area (Å²) in [6.07, 6.45) is 3.95. The Morgan fingerprint density at radius 3 is 2.02 bits per heavy atom. The van der Waals surface area contributed by atoms with Crippen molar-refractivity contribution in [2.75, 3.05) is 10.8 Å². The first-order valence-corrected chi connectivity index (χ1v) is 16.7. The maximum atomic E-state index is 14.2. The molecule has 5 rings (SSSR count). The van der Waals surface area contributed by atoms with Gasteiger partial charge in [0.25, 0.3) is 10.0 Å².